The number of carbonyl (C=O) groups is 1. The molecule has 0 saturated heterocycles. The molecule has 1 aromatic rings. The molecule has 0 spiro atoms. The topological polar surface area (TPSA) is 47.6 Å². The van der Waals surface area contributed by atoms with E-state index in [4.69, 9.17) is 4.74 Å². The number of methoxy groups -OCH3 is 1. The molecule has 0 unspecified atom stereocenters. The van der Waals surface area contributed by atoms with Gasteiger partial charge in [0.1, 0.15) is 6.61 Å². The van der Waals surface area contributed by atoms with E-state index in [1.165, 1.54) is 13.2 Å². The van der Waals surface area contributed by atoms with Gasteiger partial charge in [-0.1, -0.05) is 13.0 Å². The number of rotatable bonds is 8. The lowest BCUT2D eigenvalue weighted by Crippen LogP contribution is -2.32. The standard InChI is InChI=1S/C16H24FNO3/c1-5-8-18-10-12-6-7-14(13(17)9-12)21-11-16(2,3)15(19)20-4/h6-7,9,18H,5,8,10-11H2,1-4H3. The number of esters is 1. The number of halogens is 1. The third-order valence-corrected chi connectivity index (χ3v) is 3.08. The summed E-state index contributed by atoms with van der Waals surface area (Å²) in [6.07, 6.45) is 1.03. The fourth-order valence-electron chi connectivity index (χ4n) is 1.77. The van der Waals surface area contributed by atoms with Gasteiger partial charge in [0, 0.05) is 6.54 Å². The Morgan fingerprint density at radius 1 is 1.38 bits per heavy atom. The molecule has 0 aliphatic heterocycles. The van der Waals surface area contributed by atoms with E-state index in [-0.39, 0.29) is 18.3 Å². The first-order valence-corrected chi connectivity index (χ1v) is 7.11. The highest BCUT2D eigenvalue weighted by Gasteiger charge is 2.30. The molecule has 0 atom stereocenters. The molecule has 0 radical (unpaired) electrons. The summed E-state index contributed by atoms with van der Waals surface area (Å²) in [5, 5.41) is 3.21. The molecule has 1 N–H and O–H groups in total. The molecule has 0 heterocycles. The second-order valence-corrected chi connectivity index (χ2v) is 5.61. The van der Waals surface area contributed by atoms with Crippen LogP contribution in [0.3, 0.4) is 0 Å². The van der Waals surface area contributed by atoms with Gasteiger partial charge in [-0.15, -0.1) is 0 Å². The lowest BCUT2D eigenvalue weighted by Gasteiger charge is -2.21. The quantitative estimate of drug-likeness (QED) is 0.592. The molecule has 0 fully saturated rings. The first-order valence-electron chi connectivity index (χ1n) is 7.11. The first kappa shape index (κ1) is 17.4. The van der Waals surface area contributed by atoms with Crippen molar-refractivity contribution in [3.63, 3.8) is 0 Å². The molecule has 0 saturated carbocycles. The van der Waals surface area contributed by atoms with Crippen LogP contribution in [-0.2, 0) is 16.1 Å². The third-order valence-electron chi connectivity index (χ3n) is 3.08. The number of nitrogens with one attached hydrogen (secondary N) is 1. The second kappa shape index (κ2) is 7.98. The molecular weight excluding hydrogens is 273 g/mol. The van der Waals surface area contributed by atoms with Crippen molar-refractivity contribution in [1.29, 1.82) is 0 Å². The Morgan fingerprint density at radius 2 is 2.10 bits per heavy atom. The van der Waals surface area contributed by atoms with Crippen LogP contribution < -0.4 is 10.1 Å². The van der Waals surface area contributed by atoms with Crippen LogP contribution in [-0.4, -0.2) is 26.2 Å². The van der Waals surface area contributed by atoms with E-state index in [1.54, 1.807) is 19.9 Å². The van der Waals surface area contributed by atoms with Crippen LogP contribution >= 0.6 is 0 Å². The van der Waals surface area contributed by atoms with Crippen molar-refractivity contribution < 1.29 is 18.7 Å². The van der Waals surface area contributed by atoms with Gasteiger partial charge in [-0.05, 0) is 44.5 Å². The molecule has 4 nitrogen and oxygen atoms in total. The molecule has 118 valence electrons. The minimum atomic E-state index is -0.817. The van der Waals surface area contributed by atoms with Crippen molar-refractivity contribution in [2.24, 2.45) is 5.41 Å². The lowest BCUT2D eigenvalue weighted by molar-refractivity contribution is -0.152. The van der Waals surface area contributed by atoms with Crippen LogP contribution in [0.15, 0.2) is 18.2 Å². The van der Waals surface area contributed by atoms with Crippen molar-refractivity contribution >= 4 is 5.97 Å². The predicted molar refractivity (Wildman–Crippen MR) is 79.7 cm³/mol. The van der Waals surface area contributed by atoms with E-state index in [1.807, 2.05) is 6.07 Å². The molecule has 21 heavy (non-hydrogen) atoms. The molecule has 0 aliphatic rings. The van der Waals surface area contributed by atoms with Crippen LogP contribution in [0.4, 0.5) is 4.39 Å². The van der Waals surface area contributed by atoms with Gasteiger partial charge < -0.3 is 14.8 Å². The zero-order valence-electron chi connectivity index (χ0n) is 13.2. The second-order valence-electron chi connectivity index (χ2n) is 5.61. The maximum absolute atomic E-state index is 13.9. The highest BCUT2D eigenvalue weighted by atomic mass is 19.1. The van der Waals surface area contributed by atoms with Crippen LogP contribution in [0.1, 0.15) is 32.8 Å². The van der Waals surface area contributed by atoms with E-state index in [2.05, 4.69) is 17.0 Å². The highest BCUT2D eigenvalue weighted by Crippen LogP contribution is 2.23. The Labute approximate surface area is 125 Å². The molecule has 1 aromatic carbocycles. The summed E-state index contributed by atoms with van der Waals surface area (Å²) in [5.41, 5.74) is 0.0447. The fraction of sp³-hybridized carbons (Fsp3) is 0.562. The largest absolute Gasteiger partial charge is 0.489 e. The van der Waals surface area contributed by atoms with Crippen LogP contribution in [0.25, 0.3) is 0 Å². The van der Waals surface area contributed by atoms with Crippen LogP contribution in [0.2, 0.25) is 0 Å². The molecule has 0 amide bonds. The normalized spacial score (nSPS) is 11.3. The van der Waals surface area contributed by atoms with Gasteiger partial charge in [0.15, 0.2) is 11.6 Å². The lowest BCUT2D eigenvalue weighted by atomic mass is 9.95. The minimum absolute atomic E-state index is 0.0595. The molecular formula is C16H24FNO3. The number of benzene rings is 1. The molecule has 0 aromatic heterocycles. The Kier molecular flexibility index (Phi) is 6.62. The van der Waals surface area contributed by atoms with E-state index < -0.39 is 11.2 Å². The van der Waals surface area contributed by atoms with Gasteiger partial charge in [0.05, 0.1) is 12.5 Å². The predicted octanol–water partition coefficient (Wildman–Crippen LogP) is 2.90. The van der Waals surface area contributed by atoms with Gasteiger partial charge in [-0.25, -0.2) is 4.39 Å². The van der Waals surface area contributed by atoms with Crippen molar-refractivity contribution in [3.8, 4) is 5.75 Å². The Balaban J connectivity index is 2.62. The summed E-state index contributed by atoms with van der Waals surface area (Å²) in [6.45, 7) is 7.04. The fourth-order valence-corrected chi connectivity index (χ4v) is 1.77. The van der Waals surface area contributed by atoms with E-state index in [0.717, 1.165) is 18.5 Å². The smallest absolute Gasteiger partial charge is 0.314 e. The van der Waals surface area contributed by atoms with E-state index in [9.17, 15) is 9.18 Å². The summed E-state index contributed by atoms with van der Waals surface area (Å²) in [6, 6.07) is 4.85. The van der Waals surface area contributed by atoms with Crippen molar-refractivity contribution in [2.45, 2.75) is 33.7 Å². The maximum Gasteiger partial charge on any atom is 0.314 e. The van der Waals surface area contributed by atoms with Gasteiger partial charge in [0.2, 0.25) is 0 Å². The molecule has 5 heteroatoms. The summed E-state index contributed by atoms with van der Waals surface area (Å²) in [7, 11) is 1.32. The number of hydrogen-bond acceptors (Lipinski definition) is 4. The first-order chi connectivity index (χ1) is 9.90. The van der Waals surface area contributed by atoms with E-state index >= 15 is 0 Å². The zero-order chi connectivity index (χ0) is 15.9. The number of carbonyl (C=O) groups excluding carboxylic acids is 1. The Morgan fingerprint density at radius 3 is 2.67 bits per heavy atom. The average Bonchev–Trinajstić information content (AvgIpc) is 2.45. The summed E-state index contributed by atoms with van der Waals surface area (Å²) in [5.74, 6) is -0.666. The Bertz CT molecular complexity index is 475. The zero-order valence-corrected chi connectivity index (χ0v) is 13.2. The monoisotopic (exact) mass is 297 g/mol. The van der Waals surface area contributed by atoms with Gasteiger partial charge in [-0.2, -0.15) is 0 Å². The summed E-state index contributed by atoms with van der Waals surface area (Å²) >= 11 is 0. The number of ether oxygens (including phenoxy) is 2. The molecule has 1 rings (SSSR count). The number of hydrogen-bond donors (Lipinski definition) is 1. The van der Waals surface area contributed by atoms with Gasteiger partial charge in [-0.3, -0.25) is 4.79 Å². The van der Waals surface area contributed by atoms with Gasteiger partial charge in [0.25, 0.3) is 0 Å². The third kappa shape index (κ3) is 5.34. The van der Waals surface area contributed by atoms with E-state index in [0.29, 0.717) is 6.54 Å². The maximum atomic E-state index is 13.9. The van der Waals surface area contributed by atoms with Gasteiger partial charge >= 0.3 is 5.97 Å². The van der Waals surface area contributed by atoms with Crippen molar-refractivity contribution in [1.82, 2.24) is 5.32 Å². The SMILES string of the molecule is CCCNCc1ccc(OCC(C)(C)C(=O)OC)c(F)c1. The summed E-state index contributed by atoms with van der Waals surface area (Å²) < 4.78 is 24.0. The van der Waals surface area contributed by atoms with Crippen molar-refractivity contribution in [2.75, 3.05) is 20.3 Å². The minimum Gasteiger partial charge on any atom is -0.489 e. The van der Waals surface area contributed by atoms with Crippen LogP contribution in [0.5, 0.6) is 5.75 Å². The molecule has 0 bridgehead atoms. The molecule has 0 aliphatic carbocycles. The highest BCUT2D eigenvalue weighted by molar-refractivity contribution is 5.75. The Hall–Kier alpha value is -1.62. The summed E-state index contributed by atoms with van der Waals surface area (Å²) in [4.78, 5) is 11.5. The average molecular weight is 297 g/mol. The van der Waals surface area contributed by atoms with Crippen LogP contribution in [0, 0.1) is 11.2 Å². The van der Waals surface area contributed by atoms with Crippen molar-refractivity contribution in [3.05, 3.63) is 29.6 Å².